The number of amides is 1. The Morgan fingerprint density at radius 3 is 2.71 bits per heavy atom. The van der Waals surface area contributed by atoms with Gasteiger partial charge in [-0.15, -0.1) is 0 Å². The van der Waals surface area contributed by atoms with E-state index in [4.69, 9.17) is 16.0 Å². The molecule has 1 aromatic heterocycles. The summed E-state index contributed by atoms with van der Waals surface area (Å²) in [5.41, 5.74) is 3.29. The summed E-state index contributed by atoms with van der Waals surface area (Å²) in [5.74, 6) is 1.04. The summed E-state index contributed by atoms with van der Waals surface area (Å²) < 4.78 is 5.54. The van der Waals surface area contributed by atoms with E-state index in [-0.39, 0.29) is 12.3 Å². The molecule has 3 rings (SSSR count). The van der Waals surface area contributed by atoms with E-state index in [0.717, 1.165) is 16.8 Å². The maximum Gasteiger partial charge on any atom is 0.226 e. The van der Waals surface area contributed by atoms with Gasteiger partial charge in [-0.2, -0.15) is 0 Å². The van der Waals surface area contributed by atoms with Crippen molar-refractivity contribution >= 4 is 29.2 Å². The standard InChI is InChI=1S/C23H26ClN5O2/c1-3-25-23(26-12-11-21(30)29-20-10-9-16(2)13-19(20)24)27-14-18-15-31-22(28-18)17-7-5-4-6-8-17/h4-10,13,15H,3,11-12,14H2,1-2H3,(H,29,30)(H2,25,26,27). The first-order valence-corrected chi connectivity index (χ1v) is 10.5. The third-order valence-electron chi connectivity index (χ3n) is 4.36. The number of hydrogen-bond donors (Lipinski definition) is 3. The van der Waals surface area contributed by atoms with Crippen LogP contribution in [0.2, 0.25) is 5.02 Å². The van der Waals surface area contributed by atoms with Crippen LogP contribution in [0, 0.1) is 6.92 Å². The number of nitrogens with zero attached hydrogens (tertiary/aromatic N) is 2. The molecule has 0 aliphatic heterocycles. The highest BCUT2D eigenvalue weighted by Crippen LogP contribution is 2.22. The van der Waals surface area contributed by atoms with Gasteiger partial charge in [0.2, 0.25) is 11.8 Å². The molecule has 0 fully saturated rings. The second-order valence-electron chi connectivity index (χ2n) is 6.91. The van der Waals surface area contributed by atoms with Gasteiger partial charge in [0.15, 0.2) is 5.96 Å². The molecule has 0 aliphatic carbocycles. The molecule has 2 aromatic carbocycles. The van der Waals surface area contributed by atoms with Crippen molar-refractivity contribution in [2.45, 2.75) is 26.8 Å². The molecule has 162 valence electrons. The number of rotatable bonds is 8. The summed E-state index contributed by atoms with van der Waals surface area (Å²) in [7, 11) is 0. The molecule has 0 saturated heterocycles. The van der Waals surface area contributed by atoms with Crippen molar-refractivity contribution in [3.05, 3.63) is 71.1 Å². The fourth-order valence-corrected chi connectivity index (χ4v) is 3.11. The number of carbonyl (C=O) groups excluding carboxylic acids is 1. The minimum absolute atomic E-state index is 0.127. The second-order valence-corrected chi connectivity index (χ2v) is 7.32. The third kappa shape index (κ3) is 6.86. The van der Waals surface area contributed by atoms with Crippen LogP contribution in [0.5, 0.6) is 0 Å². The fourth-order valence-electron chi connectivity index (χ4n) is 2.82. The molecule has 0 radical (unpaired) electrons. The lowest BCUT2D eigenvalue weighted by Gasteiger charge is -2.11. The van der Waals surface area contributed by atoms with Crippen molar-refractivity contribution < 1.29 is 9.21 Å². The first-order valence-electron chi connectivity index (χ1n) is 10.1. The SMILES string of the molecule is CCNC(=NCc1coc(-c2ccccc2)n1)NCCC(=O)Nc1ccc(C)cc1Cl. The van der Waals surface area contributed by atoms with Crippen LogP contribution in [0.1, 0.15) is 24.6 Å². The van der Waals surface area contributed by atoms with Crippen molar-refractivity contribution in [3.8, 4) is 11.5 Å². The van der Waals surface area contributed by atoms with E-state index in [2.05, 4.69) is 25.9 Å². The number of aliphatic imine (C=N–C) groups is 1. The summed E-state index contributed by atoms with van der Waals surface area (Å²) in [4.78, 5) is 21.2. The predicted octanol–water partition coefficient (Wildman–Crippen LogP) is 4.39. The van der Waals surface area contributed by atoms with Crippen LogP contribution in [0.15, 0.2) is 64.2 Å². The number of hydrogen-bond acceptors (Lipinski definition) is 4. The summed E-state index contributed by atoms with van der Waals surface area (Å²) >= 11 is 6.17. The summed E-state index contributed by atoms with van der Waals surface area (Å²) in [6, 6.07) is 15.2. The quantitative estimate of drug-likeness (QED) is 0.357. The number of anilines is 1. The Kier molecular flexibility index (Phi) is 8.06. The number of aromatic nitrogens is 1. The zero-order valence-corrected chi connectivity index (χ0v) is 18.4. The summed E-state index contributed by atoms with van der Waals surface area (Å²) in [6.07, 6.45) is 1.88. The van der Waals surface area contributed by atoms with Gasteiger partial charge in [-0.05, 0) is 43.7 Å². The lowest BCUT2D eigenvalue weighted by Crippen LogP contribution is -2.38. The number of benzene rings is 2. The Labute approximate surface area is 186 Å². The second kappa shape index (κ2) is 11.2. The first-order chi connectivity index (χ1) is 15.0. The average Bonchev–Trinajstić information content (AvgIpc) is 3.24. The van der Waals surface area contributed by atoms with E-state index in [1.54, 1.807) is 12.3 Å². The normalized spacial score (nSPS) is 11.3. The molecule has 1 amide bonds. The molecular formula is C23H26ClN5O2. The lowest BCUT2D eigenvalue weighted by molar-refractivity contribution is -0.116. The summed E-state index contributed by atoms with van der Waals surface area (Å²) in [5, 5.41) is 9.67. The zero-order chi connectivity index (χ0) is 22.1. The van der Waals surface area contributed by atoms with E-state index in [1.165, 1.54) is 0 Å². The highest BCUT2D eigenvalue weighted by Gasteiger charge is 2.08. The maximum absolute atomic E-state index is 12.2. The number of oxazole rings is 1. The van der Waals surface area contributed by atoms with E-state index in [0.29, 0.717) is 42.2 Å². The summed E-state index contributed by atoms with van der Waals surface area (Å²) in [6.45, 7) is 5.41. The van der Waals surface area contributed by atoms with Crippen molar-refractivity contribution in [2.75, 3.05) is 18.4 Å². The monoisotopic (exact) mass is 439 g/mol. The van der Waals surface area contributed by atoms with Gasteiger partial charge in [-0.25, -0.2) is 9.98 Å². The smallest absolute Gasteiger partial charge is 0.226 e. The van der Waals surface area contributed by atoms with Gasteiger partial charge in [0, 0.05) is 25.1 Å². The van der Waals surface area contributed by atoms with Crippen LogP contribution in [-0.4, -0.2) is 29.9 Å². The number of halogens is 1. The van der Waals surface area contributed by atoms with Crippen LogP contribution in [-0.2, 0) is 11.3 Å². The minimum atomic E-state index is -0.127. The van der Waals surface area contributed by atoms with Crippen LogP contribution in [0.3, 0.4) is 0 Å². The average molecular weight is 440 g/mol. The lowest BCUT2D eigenvalue weighted by atomic mass is 10.2. The highest BCUT2D eigenvalue weighted by molar-refractivity contribution is 6.33. The van der Waals surface area contributed by atoms with Crippen molar-refractivity contribution in [1.82, 2.24) is 15.6 Å². The Bertz CT molecular complexity index is 1030. The van der Waals surface area contributed by atoms with E-state index < -0.39 is 0 Å². The number of nitrogens with one attached hydrogen (secondary N) is 3. The Morgan fingerprint density at radius 1 is 1.16 bits per heavy atom. The molecule has 7 nitrogen and oxygen atoms in total. The Morgan fingerprint density at radius 2 is 1.97 bits per heavy atom. The molecule has 0 aliphatic rings. The topological polar surface area (TPSA) is 91.6 Å². The zero-order valence-electron chi connectivity index (χ0n) is 17.6. The molecule has 0 unspecified atom stereocenters. The van der Waals surface area contributed by atoms with Crippen molar-refractivity contribution in [1.29, 1.82) is 0 Å². The van der Waals surface area contributed by atoms with E-state index in [1.807, 2.05) is 56.3 Å². The van der Waals surface area contributed by atoms with Crippen LogP contribution < -0.4 is 16.0 Å². The van der Waals surface area contributed by atoms with Gasteiger partial charge < -0.3 is 20.4 Å². The van der Waals surface area contributed by atoms with Gasteiger partial charge in [0.05, 0.1) is 17.3 Å². The largest absolute Gasteiger partial charge is 0.444 e. The van der Waals surface area contributed by atoms with Gasteiger partial charge in [0.25, 0.3) is 0 Å². The predicted molar refractivity (Wildman–Crippen MR) is 124 cm³/mol. The number of carbonyl (C=O) groups is 1. The molecule has 8 heteroatoms. The Balaban J connectivity index is 1.50. The van der Waals surface area contributed by atoms with E-state index in [9.17, 15) is 4.79 Å². The van der Waals surface area contributed by atoms with Gasteiger partial charge >= 0.3 is 0 Å². The van der Waals surface area contributed by atoms with Crippen LogP contribution in [0.4, 0.5) is 5.69 Å². The molecule has 0 spiro atoms. The molecule has 3 aromatic rings. The molecular weight excluding hydrogens is 414 g/mol. The maximum atomic E-state index is 12.2. The van der Waals surface area contributed by atoms with Gasteiger partial charge in [-0.3, -0.25) is 4.79 Å². The highest BCUT2D eigenvalue weighted by atomic mass is 35.5. The van der Waals surface area contributed by atoms with Crippen molar-refractivity contribution in [2.24, 2.45) is 4.99 Å². The minimum Gasteiger partial charge on any atom is -0.444 e. The number of aryl methyl sites for hydroxylation is 1. The molecule has 0 saturated carbocycles. The van der Waals surface area contributed by atoms with Crippen molar-refractivity contribution in [3.63, 3.8) is 0 Å². The van der Waals surface area contributed by atoms with E-state index >= 15 is 0 Å². The third-order valence-corrected chi connectivity index (χ3v) is 4.67. The molecule has 3 N–H and O–H groups in total. The molecule has 31 heavy (non-hydrogen) atoms. The van der Waals surface area contributed by atoms with Crippen LogP contribution in [0.25, 0.3) is 11.5 Å². The molecule has 1 heterocycles. The first kappa shape index (κ1) is 22.4. The number of guanidine groups is 1. The van der Waals surface area contributed by atoms with Gasteiger partial charge in [0.1, 0.15) is 12.0 Å². The Hall–Kier alpha value is -3.32. The van der Waals surface area contributed by atoms with Gasteiger partial charge in [-0.1, -0.05) is 35.9 Å². The fraction of sp³-hybridized carbons (Fsp3) is 0.261. The molecule has 0 bridgehead atoms. The molecule has 0 atom stereocenters. The van der Waals surface area contributed by atoms with Crippen LogP contribution >= 0.6 is 11.6 Å².